The van der Waals surface area contributed by atoms with Crippen molar-refractivity contribution in [1.29, 1.82) is 0 Å². The lowest BCUT2D eigenvalue weighted by molar-refractivity contribution is 0.474. The molecule has 3 aromatic heterocycles. The average Bonchev–Trinajstić information content (AvgIpc) is 3.01. The van der Waals surface area contributed by atoms with Gasteiger partial charge in [-0.2, -0.15) is 0 Å². The summed E-state index contributed by atoms with van der Waals surface area (Å²) in [4.78, 5) is 0. The third-order valence-electron chi connectivity index (χ3n) is 3.38. The molecule has 0 radical (unpaired) electrons. The molecule has 0 spiro atoms. The highest BCUT2D eigenvalue weighted by molar-refractivity contribution is 7.20. The summed E-state index contributed by atoms with van der Waals surface area (Å²) >= 11 is 13.6. The van der Waals surface area contributed by atoms with Crippen LogP contribution in [0.3, 0.4) is 0 Å². The van der Waals surface area contributed by atoms with Crippen molar-refractivity contribution in [2.75, 3.05) is 0 Å². The monoisotopic (exact) mass is 340 g/mol. The van der Waals surface area contributed by atoms with Gasteiger partial charge in [0.15, 0.2) is 11.5 Å². The minimum absolute atomic E-state index is 0.0344. The first kappa shape index (κ1) is 14.8. The fraction of sp³-hybridized carbons (Fsp3) is 0.286. The predicted octanol–water partition coefficient (Wildman–Crippen LogP) is 4.51. The second-order valence-electron chi connectivity index (χ2n) is 4.88. The van der Waals surface area contributed by atoms with Crippen molar-refractivity contribution in [3.8, 4) is 0 Å². The smallest absolute Gasteiger partial charge is 0.160 e. The maximum atomic E-state index is 6.20. The lowest BCUT2D eigenvalue weighted by Crippen LogP contribution is -2.24. The van der Waals surface area contributed by atoms with E-state index >= 15 is 0 Å². The van der Waals surface area contributed by atoms with Gasteiger partial charge in [-0.15, -0.1) is 21.5 Å². The first-order valence-corrected chi connectivity index (χ1v) is 8.14. The van der Waals surface area contributed by atoms with Gasteiger partial charge in [-0.3, -0.25) is 4.40 Å². The topological polar surface area (TPSA) is 42.2 Å². The summed E-state index contributed by atoms with van der Waals surface area (Å²) in [5.74, 6) is 0.870. The summed E-state index contributed by atoms with van der Waals surface area (Å²) in [6.07, 6.45) is 1.96. The third kappa shape index (κ3) is 2.92. The van der Waals surface area contributed by atoms with E-state index in [1.54, 1.807) is 0 Å². The van der Waals surface area contributed by atoms with Gasteiger partial charge in [0.2, 0.25) is 0 Å². The van der Waals surface area contributed by atoms with Crippen LogP contribution in [0.2, 0.25) is 8.67 Å². The van der Waals surface area contributed by atoms with Crippen LogP contribution in [-0.2, 0) is 0 Å². The van der Waals surface area contributed by atoms with Gasteiger partial charge >= 0.3 is 0 Å². The molecular formula is C14H14Cl2N4S. The Balaban J connectivity index is 1.83. The Hall–Kier alpha value is -1.14. The minimum Gasteiger partial charge on any atom is -0.301 e. The number of halogens is 2. The Bertz CT molecular complexity index is 767. The number of hydrogen-bond donors (Lipinski definition) is 1. The van der Waals surface area contributed by atoms with Crippen molar-refractivity contribution in [3.63, 3.8) is 0 Å². The van der Waals surface area contributed by atoms with Crippen LogP contribution in [-0.4, -0.2) is 14.6 Å². The van der Waals surface area contributed by atoms with E-state index in [1.807, 2.05) is 34.9 Å². The van der Waals surface area contributed by atoms with Crippen LogP contribution in [0.25, 0.3) is 5.65 Å². The van der Waals surface area contributed by atoms with E-state index in [0.29, 0.717) is 4.34 Å². The molecule has 7 heteroatoms. The first-order valence-electron chi connectivity index (χ1n) is 6.56. The fourth-order valence-electron chi connectivity index (χ4n) is 2.34. The lowest BCUT2D eigenvalue weighted by Gasteiger charge is -2.18. The van der Waals surface area contributed by atoms with Crippen molar-refractivity contribution in [3.05, 3.63) is 50.5 Å². The van der Waals surface area contributed by atoms with Crippen LogP contribution >= 0.6 is 34.5 Å². The molecule has 0 fully saturated rings. The quantitative estimate of drug-likeness (QED) is 0.759. The molecule has 0 amide bonds. The molecule has 110 valence electrons. The molecule has 0 aliphatic carbocycles. The second kappa shape index (κ2) is 5.93. The zero-order valence-electron chi connectivity index (χ0n) is 11.5. The second-order valence-corrected chi connectivity index (χ2v) is 7.16. The normalized spacial score (nSPS) is 14.5. The highest BCUT2D eigenvalue weighted by Crippen LogP contribution is 2.35. The summed E-state index contributed by atoms with van der Waals surface area (Å²) in [7, 11) is 0. The summed E-state index contributed by atoms with van der Waals surface area (Å²) in [5, 5.41) is 11.9. The highest BCUT2D eigenvalue weighted by Gasteiger charge is 2.19. The van der Waals surface area contributed by atoms with Crippen LogP contribution in [0.5, 0.6) is 0 Å². The van der Waals surface area contributed by atoms with Crippen LogP contribution < -0.4 is 5.32 Å². The number of thiophene rings is 1. The van der Waals surface area contributed by atoms with Crippen molar-refractivity contribution >= 4 is 40.2 Å². The van der Waals surface area contributed by atoms with Crippen LogP contribution in [0.4, 0.5) is 0 Å². The van der Waals surface area contributed by atoms with Gasteiger partial charge < -0.3 is 5.32 Å². The van der Waals surface area contributed by atoms with E-state index in [9.17, 15) is 0 Å². The van der Waals surface area contributed by atoms with Gasteiger partial charge in [-0.25, -0.2) is 0 Å². The van der Waals surface area contributed by atoms with Gasteiger partial charge in [0, 0.05) is 12.2 Å². The van der Waals surface area contributed by atoms with E-state index < -0.39 is 0 Å². The molecular weight excluding hydrogens is 327 g/mol. The summed E-state index contributed by atoms with van der Waals surface area (Å²) < 4.78 is 3.40. The van der Waals surface area contributed by atoms with Crippen LogP contribution in [0.1, 0.15) is 37.3 Å². The van der Waals surface area contributed by atoms with Crippen LogP contribution in [0.15, 0.2) is 30.5 Å². The molecule has 3 heterocycles. The standard InChI is InChI=1S/C14H14Cl2N4S/c1-8(10-7-11(15)21-13(10)16)17-9(2)14-19-18-12-5-3-4-6-20(12)14/h3-9,17H,1-2H3. The molecule has 3 rings (SSSR count). The molecule has 0 bridgehead atoms. The molecule has 3 aromatic rings. The van der Waals surface area contributed by atoms with Gasteiger partial charge in [0.05, 0.1) is 14.7 Å². The average molecular weight is 341 g/mol. The van der Waals surface area contributed by atoms with E-state index in [4.69, 9.17) is 23.2 Å². The summed E-state index contributed by atoms with van der Waals surface area (Å²) in [6.45, 7) is 4.12. The molecule has 0 aliphatic rings. The Morgan fingerprint density at radius 2 is 2.00 bits per heavy atom. The molecule has 21 heavy (non-hydrogen) atoms. The summed E-state index contributed by atoms with van der Waals surface area (Å²) in [5.41, 5.74) is 1.85. The molecule has 4 nitrogen and oxygen atoms in total. The largest absolute Gasteiger partial charge is 0.301 e. The molecule has 2 atom stereocenters. The van der Waals surface area contributed by atoms with Crippen molar-refractivity contribution in [1.82, 2.24) is 19.9 Å². The molecule has 0 saturated heterocycles. The molecule has 2 unspecified atom stereocenters. The first-order chi connectivity index (χ1) is 10.1. The number of hydrogen-bond acceptors (Lipinski definition) is 4. The number of fused-ring (bicyclic) bond motifs is 1. The van der Waals surface area contributed by atoms with Crippen molar-refractivity contribution in [2.45, 2.75) is 25.9 Å². The number of aromatic nitrogens is 3. The predicted molar refractivity (Wildman–Crippen MR) is 87.3 cm³/mol. The maximum absolute atomic E-state index is 6.20. The lowest BCUT2D eigenvalue weighted by atomic mass is 10.1. The molecule has 1 N–H and O–H groups in total. The number of nitrogens with zero attached hydrogens (tertiary/aromatic N) is 3. The van der Waals surface area contributed by atoms with Crippen molar-refractivity contribution in [2.24, 2.45) is 0 Å². The van der Waals surface area contributed by atoms with Crippen LogP contribution in [0, 0.1) is 0 Å². The van der Waals surface area contributed by atoms with E-state index in [-0.39, 0.29) is 12.1 Å². The highest BCUT2D eigenvalue weighted by atomic mass is 35.5. The zero-order chi connectivity index (χ0) is 15.0. The Morgan fingerprint density at radius 3 is 2.71 bits per heavy atom. The maximum Gasteiger partial charge on any atom is 0.160 e. The van der Waals surface area contributed by atoms with E-state index in [0.717, 1.165) is 21.4 Å². The number of pyridine rings is 1. The minimum atomic E-state index is 0.0344. The van der Waals surface area contributed by atoms with Crippen molar-refractivity contribution < 1.29 is 0 Å². The van der Waals surface area contributed by atoms with E-state index in [2.05, 4.69) is 29.4 Å². The zero-order valence-corrected chi connectivity index (χ0v) is 13.9. The SMILES string of the molecule is CC(NC(C)c1nnc2ccccn12)c1cc(Cl)sc1Cl. The Morgan fingerprint density at radius 1 is 1.19 bits per heavy atom. The van der Waals surface area contributed by atoms with Gasteiger partial charge in [-0.05, 0) is 37.6 Å². The molecule has 0 aliphatic heterocycles. The number of rotatable bonds is 4. The molecule has 0 aromatic carbocycles. The Kier molecular flexibility index (Phi) is 4.17. The fourth-order valence-corrected chi connectivity index (χ4v) is 3.99. The van der Waals surface area contributed by atoms with Gasteiger partial charge in [-0.1, -0.05) is 29.3 Å². The van der Waals surface area contributed by atoms with Gasteiger partial charge in [0.1, 0.15) is 0 Å². The van der Waals surface area contributed by atoms with E-state index in [1.165, 1.54) is 11.3 Å². The number of nitrogens with one attached hydrogen (secondary N) is 1. The Labute approximate surface area is 136 Å². The third-order valence-corrected chi connectivity index (χ3v) is 4.89. The van der Waals surface area contributed by atoms with Gasteiger partial charge in [0.25, 0.3) is 0 Å². The molecule has 0 saturated carbocycles. The summed E-state index contributed by atoms with van der Waals surface area (Å²) in [6, 6.07) is 7.86.